The number of rotatable bonds is 7. The third-order valence-corrected chi connectivity index (χ3v) is 7.11. The first kappa shape index (κ1) is 22.9. The molecule has 0 spiro atoms. The minimum Gasteiger partial charge on any atom is -0.392 e. The van der Waals surface area contributed by atoms with Crippen molar-refractivity contribution in [2.45, 2.75) is 58.5 Å². The summed E-state index contributed by atoms with van der Waals surface area (Å²) in [5.41, 5.74) is 6.01. The van der Waals surface area contributed by atoms with Gasteiger partial charge in [0.2, 0.25) is 0 Å². The minimum absolute atomic E-state index is 0.0383. The lowest BCUT2D eigenvalue weighted by molar-refractivity contribution is 0.0731. The van der Waals surface area contributed by atoms with Crippen LogP contribution in [0.2, 0.25) is 0 Å². The van der Waals surface area contributed by atoms with Crippen LogP contribution in [0.3, 0.4) is 0 Å². The molecular weight excluding hydrogens is 402 g/mol. The Kier molecular flexibility index (Phi) is 6.96. The van der Waals surface area contributed by atoms with Crippen LogP contribution < -0.4 is 5.32 Å². The molecule has 0 unspecified atom stereocenters. The van der Waals surface area contributed by atoms with Crippen LogP contribution >= 0.6 is 0 Å². The van der Waals surface area contributed by atoms with Gasteiger partial charge < -0.3 is 20.4 Å². The zero-order valence-electron chi connectivity index (χ0n) is 19.2. The number of hydrogen-bond donors (Lipinski definition) is 3. The Morgan fingerprint density at radius 3 is 2.50 bits per heavy atom. The molecule has 4 rings (SSSR count). The number of aryl methyl sites for hydroxylation is 1. The molecule has 2 aliphatic heterocycles. The maximum absolute atomic E-state index is 13.2. The van der Waals surface area contributed by atoms with Crippen molar-refractivity contribution in [2.24, 2.45) is 0 Å². The van der Waals surface area contributed by atoms with Gasteiger partial charge in [0.1, 0.15) is 0 Å². The van der Waals surface area contributed by atoms with Crippen molar-refractivity contribution in [3.63, 3.8) is 0 Å². The molecule has 2 aliphatic rings. The van der Waals surface area contributed by atoms with Gasteiger partial charge in [-0.2, -0.15) is 0 Å². The number of amides is 1. The van der Waals surface area contributed by atoms with Crippen molar-refractivity contribution in [1.82, 2.24) is 15.1 Å². The van der Waals surface area contributed by atoms with E-state index in [2.05, 4.69) is 30.1 Å². The average molecular weight is 438 g/mol. The van der Waals surface area contributed by atoms with E-state index in [0.29, 0.717) is 0 Å². The number of piperazine rings is 1. The Morgan fingerprint density at radius 2 is 1.78 bits per heavy atom. The highest BCUT2D eigenvalue weighted by molar-refractivity contribution is 5.96. The monoisotopic (exact) mass is 437 g/mol. The van der Waals surface area contributed by atoms with Gasteiger partial charge in [0.25, 0.3) is 5.91 Å². The number of nitrogens with zero attached hydrogens (tertiary/aromatic N) is 2. The van der Waals surface area contributed by atoms with Crippen LogP contribution in [0.4, 0.5) is 0 Å². The number of aliphatic hydroxyl groups is 2. The van der Waals surface area contributed by atoms with Crippen LogP contribution in [0.15, 0.2) is 36.4 Å². The molecule has 0 saturated carbocycles. The molecule has 1 saturated heterocycles. The molecular formula is C26H35N3O3. The Hall–Kier alpha value is -2.25. The molecule has 0 radical (unpaired) electrons. The molecule has 2 aromatic rings. The number of fused-ring (bicyclic) bond motifs is 1. The zero-order chi connectivity index (χ0) is 22.7. The number of carbonyl (C=O) groups is 1. The van der Waals surface area contributed by atoms with Crippen molar-refractivity contribution in [3.05, 3.63) is 69.8 Å². The van der Waals surface area contributed by atoms with Gasteiger partial charge in [-0.3, -0.25) is 9.69 Å². The summed E-state index contributed by atoms with van der Waals surface area (Å²) in [7, 11) is 0. The third kappa shape index (κ3) is 4.74. The van der Waals surface area contributed by atoms with Crippen molar-refractivity contribution in [3.8, 4) is 0 Å². The fourth-order valence-electron chi connectivity index (χ4n) is 4.83. The second-order valence-corrected chi connectivity index (χ2v) is 9.57. The lowest BCUT2D eigenvalue weighted by Crippen LogP contribution is -2.46. The Morgan fingerprint density at radius 1 is 1.03 bits per heavy atom. The molecule has 32 heavy (non-hydrogen) atoms. The predicted octanol–water partition coefficient (Wildman–Crippen LogP) is 2.44. The Labute approximate surface area is 190 Å². The van der Waals surface area contributed by atoms with Gasteiger partial charge in [-0.25, -0.2) is 0 Å². The normalized spacial score (nSPS) is 16.9. The van der Waals surface area contributed by atoms with Crippen LogP contribution in [0.25, 0.3) is 0 Å². The topological polar surface area (TPSA) is 76.0 Å². The Bertz CT molecular complexity index is 967. The predicted molar refractivity (Wildman–Crippen MR) is 125 cm³/mol. The molecule has 0 atom stereocenters. The van der Waals surface area contributed by atoms with Gasteiger partial charge in [0.15, 0.2) is 0 Å². The van der Waals surface area contributed by atoms with E-state index in [4.69, 9.17) is 0 Å². The molecule has 1 fully saturated rings. The lowest BCUT2D eigenvalue weighted by atomic mass is 9.92. The van der Waals surface area contributed by atoms with E-state index < -0.39 is 0 Å². The van der Waals surface area contributed by atoms with Gasteiger partial charge in [0, 0.05) is 50.4 Å². The highest BCUT2D eigenvalue weighted by atomic mass is 16.3. The molecule has 2 heterocycles. The van der Waals surface area contributed by atoms with E-state index >= 15 is 0 Å². The smallest absolute Gasteiger partial charge is 0.254 e. The highest BCUT2D eigenvalue weighted by Gasteiger charge is 2.34. The standard InChI is InChI=1S/C26H35N3O3/c1-26(2,9-8-19-6-7-21(17-30)22(14-19)18-31)29-15-20-4-3-5-23(24(20)16-29)25(32)28-12-10-27-11-13-28/h3-7,14,27,30-31H,8-13,15-18H2,1-2H3. The zero-order valence-corrected chi connectivity index (χ0v) is 19.2. The van der Waals surface area contributed by atoms with Crippen LogP contribution in [-0.4, -0.2) is 57.6 Å². The number of aliphatic hydroxyl groups excluding tert-OH is 2. The molecule has 2 aromatic carbocycles. The van der Waals surface area contributed by atoms with E-state index in [-0.39, 0.29) is 24.7 Å². The van der Waals surface area contributed by atoms with Crippen LogP contribution in [0.1, 0.15) is 58.4 Å². The average Bonchev–Trinajstić information content (AvgIpc) is 3.28. The van der Waals surface area contributed by atoms with Crippen LogP contribution in [0.5, 0.6) is 0 Å². The van der Waals surface area contributed by atoms with Crippen molar-refractivity contribution < 1.29 is 15.0 Å². The molecule has 1 amide bonds. The summed E-state index contributed by atoms with van der Waals surface area (Å²) >= 11 is 0. The summed E-state index contributed by atoms with van der Waals surface area (Å²) in [5.74, 6) is 0.156. The fraction of sp³-hybridized carbons (Fsp3) is 0.500. The quantitative estimate of drug-likeness (QED) is 0.620. The van der Waals surface area contributed by atoms with E-state index in [9.17, 15) is 15.0 Å². The first-order valence-corrected chi connectivity index (χ1v) is 11.6. The molecule has 0 aromatic heterocycles. The lowest BCUT2D eigenvalue weighted by Gasteiger charge is -2.36. The molecule has 0 aliphatic carbocycles. The SMILES string of the molecule is CC(C)(CCc1ccc(CO)c(CO)c1)N1Cc2cccc(C(=O)N3CCNCC3)c2C1. The minimum atomic E-state index is -0.0571. The van der Waals surface area contributed by atoms with E-state index in [1.807, 2.05) is 35.2 Å². The summed E-state index contributed by atoms with van der Waals surface area (Å²) in [5, 5.41) is 22.3. The maximum Gasteiger partial charge on any atom is 0.254 e. The summed E-state index contributed by atoms with van der Waals surface area (Å²) in [6.07, 6.45) is 1.86. The van der Waals surface area contributed by atoms with E-state index in [0.717, 1.165) is 68.8 Å². The molecule has 3 N–H and O–H groups in total. The van der Waals surface area contributed by atoms with Gasteiger partial charge in [-0.05, 0) is 60.6 Å². The summed E-state index contributed by atoms with van der Waals surface area (Å²) < 4.78 is 0. The van der Waals surface area contributed by atoms with Crippen LogP contribution in [0, 0.1) is 0 Å². The van der Waals surface area contributed by atoms with E-state index in [1.54, 1.807) is 0 Å². The second kappa shape index (κ2) is 9.71. The number of hydrogen-bond acceptors (Lipinski definition) is 5. The van der Waals surface area contributed by atoms with Crippen molar-refractivity contribution >= 4 is 5.91 Å². The van der Waals surface area contributed by atoms with Gasteiger partial charge >= 0.3 is 0 Å². The maximum atomic E-state index is 13.2. The van der Waals surface area contributed by atoms with Gasteiger partial charge in [-0.1, -0.05) is 30.3 Å². The molecule has 6 nitrogen and oxygen atoms in total. The Balaban J connectivity index is 1.45. The summed E-state index contributed by atoms with van der Waals surface area (Å²) in [6.45, 7) is 9.33. The summed E-state index contributed by atoms with van der Waals surface area (Å²) in [4.78, 5) is 17.6. The highest BCUT2D eigenvalue weighted by Crippen LogP contribution is 2.34. The largest absolute Gasteiger partial charge is 0.392 e. The molecule has 6 heteroatoms. The first-order chi connectivity index (χ1) is 15.4. The second-order valence-electron chi connectivity index (χ2n) is 9.57. The van der Waals surface area contributed by atoms with E-state index in [1.165, 1.54) is 16.7 Å². The van der Waals surface area contributed by atoms with Crippen molar-refractivity contribution in [2.75, 3.05) is 26.2 Å². The first-order valence-electron chi connectivity index (χ1n) is 11.6. The number of nitrogens with one attached hydrogen (secondary N) is 1. The number of carbonyl (C=O) groups excluding carboxylic acids is 1. The van der Waals surface area contributed by atoms with Crippen molar-refractivity contribution in [1.29, 1.82) is 0 Å². The number of benzene rings is 2. The fourth-order valence-corrected chi connectivity index (χ4v) is 4.83. The third-order valence-electron chi connectivity index (χ3n) is 7.11. The molecule has 0 bridgehead atoms. The van der Waals surface area contributed by atoms with Gasteiger partial charge in [0.05, 0.1) is 13.2 Å². The molecule has 172 valence electrons. The van der Waals surface area contributed by atoms with Gasteiger partial charge in [-0.15, -0.1) is 0 Å². The van der Waals surface area contributed by atoms with Crippen LogP contribution in [-0.2, 0) is 32.7 Å². The summed E-state index contributed by atoms with van der Waals surface area (Å²) in [6, 6.07) is 12.1.